The fourth-order valence-electron chi connectivity index (χ4n) is 1.39. The predicted molar refractivity (Wildman–Crippen MR) is 44.7 cm³/mol. The second kappa shape index (κ2) is 4.08. The number of amides is 2. The number of nitrogens with one attached hydrogen (secondary N) is 1. The molecule has 2 amide bonds. The molecule has 0 aliphatic carbocycles. The van der Waals surface area contributed by atoms with Crippen molar-refractivity contribution in [1.29, 1.82) is 0 Å². The summed E-state index contributed by atoms with van der Waals surface area (Å²) >= 11 is 0. The number of nitrogens with two attached hydrogens (primary N) is 1. The second-order valence-corrected chi connectivity index (χ2v) is 3.08. The fraction of sp³-hybridized carbons (Fsp3) is 0.714. The zero-order chi connectivity index (χ0) is 9.84. The summed E-state index contributed by atoms with van der Waals surface area (Å²) in [6, 6.07) is -0.603. The van der Waals surface area contributed by atoms with Gasteiger partial charge in [0, 0.05) is 13.1 Å². The van der Waals surface area contributed by atoms with Crippen molar-refractivity contribution in [3.8, 4) is 0 Å². The van der Waals surface area contributed by atoms with Crippen LogP contribution in [0.3, 0.4) is 0 Å². The number of hydrogen-bond donors (Lipinski definition) is 3. The highest BCUT2D eigenvalue weighted by atomic mass is 16.4. The average Bonchev–Trinajstić information content (AvgIpc) is 2.04. The highest BCUT2D eigenvalue weighted by Crippen LogP contribution is 2.15. The van der Waals surface area contributed by atoms with E-state index in [1.54, 1.807) is 5.01 Å². The number of hydrogen-bond acceptors (Lipinski definition) is 3. The number of rotatable bonds is 2. The zero-order valence-corrected chi connectivity index (χ0v) is 7.19. The van der Waals surface area contributed by atoms with Crippen LogP contribution >= 0.6 is 0 Å². The van der Waals surface area contributed by atoms with E-state index in [0.29, 0.717) is 25.9 Å². The molecule has 1 fully saturated rings. The van der Waals surface area contributed by atoms with E-state index in [9.17, 15) is 9.59 Å². The molecule has 0 aromatic carbocycles. The molecule has 6 heteroatoms. The maximum absolute atomic E-state index is 10.6. The van der Waals surface area contributed by atoms with Gasteiger partial charge in [-0.15, -0.1) is 0 Å². The molecule has 0 bridgehead atoms. The first-order valence-corrected chi connectivity index (χ1v) is 4.13. The topological polar surface area (TPSA) is 95.7 Å². The summed E-state index contributed by atoms with van der Waals surface area (Å²) in [6.45, 7) is 1.08. The van der Waals surface area contributed by atoms with E-state index in [1.807, 2.05) is 0 Å². The van der Waals surface area contributed by atoms with Crippen LogP contribution < -0.4 is 11.2 Å². The second-order valence-electron chi connectivity index (χ2n) is 3.08. The van der Waals surface area contributed by atoms with Crippen LogP contribution in [0, 0.1) is 5.92 Å². The molecule has 0 saturated carbocycles. The fourth-order valence-corrected chi connectivity index (χ4v) is 1.39. The van der Waals surface area contributed by atoms with Crippen molar-refractivity contribution in [2.24, 2.45) is 11.7 Å². The Kier molecular flexibility index (Phi) is 3.07. The first kappa shape index (κ1) is 9.79. The Balaban J connectivity index is 2.30. The molecule has 1 aliphatic rings. The molecule has 1 rings (SSSR count). The standard InChI is InChI=1S/C7H13N3O3/c8-7(13)9-10-3-1-5(2-4-10)6(11)12/h5H,1-4H2,(H,11,12)(H3,8,9,13). The maximum Gasteiger partial charge on any atom is 0.326 e. The van der Waals surface area contributed by atoms with Crippen LogP contribution in [0.2, 0.25) is 0 Å². The predicted octanol–water partition coefficient (Wildman–Crippen LogP) is -0.634. The Morgan fingerprint density at radius 1 is 1.38 bits per heavy atom. The van der Waals surface area contributed by atoms with Crippen molar-refractivity contribution in [3.05, 3.63) is 0 Å². The van der Waals surface area contributed by atoms with E-state index in [0.717, 1.165) is 0 Å². The van der Waals surface area contributed by atoms with Gasteiger partial charge in [0.05, 0.1) is 5.92 Å². The molecule has 0 unspecified atom stereocenters. The van der Waals surface area contributed by atoms with E-state index in [1.165, 1.54) is 0 Å². The van der Waals surface area contributed by atoms with E-state index >= 15 is 0 Å². The summed E-state index contributed by atoms with van der Waals surface area (Å²) < 4.78 is 0. The zero-order valence-electron chi connectivity index (χ0n) is 7.19. The average molecular weight is 187 g/mol. The molecular formula is C7H13N3O3. The van der Waals surface area contributed by atoms with Crippen LogP contribution in [0.5, 0.6) is 0 Å². The largest absolute Gasteiger partial charge is 0.481 e. The molecule has 74 valence electrons. The normalized spacial score (nSPS) is 19.7. The molecule has 0 aromatic heterocycles. The molecule has 0 radical (unpaired) electrons. The Labute approximate surface area is 75.7 Å². The van der Waals surface area contributed by atoms with E-state index < -0.39 is 12.0 Å². The number of hydrazine groups is 1. The van der Waals surface area contributed by atoms with Crippen LogP contribution in [0.25, 0.3) is 0 Å². The minimum absolute atomic E-state index is 0.286. The number of primary amides is 1. The van der Waals surface area contributed by atoms with Gasteiger partial charge in [-0.25, -0.2) is 9.80 Å². The third kappa shape index (κ3) is 2.90. The lowest BCUT2D eigenvalue weighted by Crippen LogP contribution is -2.49. The molecule has 13 heavy (non-hydrogen) atoms. The van der Waals surface area contributed by atoms with Gasteiger partial charge in [-0.1, -0.05) is 0 Å². The third-order valence-corrected chi connectivity index (χ3v) is 2.11. The molecule has 0 spiro atoms. The number of nitrogens with zero attached hydrogens (tertiary/aromatic N) is 1. The lowest BCUT2D eigenvalue weighted by Gasteiger charge is -2.29. The number of carbonyl (C=O) groups is 2. The number of carboxylic acid groups (broad SMARTS) is 1. The Bertz CT molecular complexity index is 211. The number of carboxylic acids is 1. The van der Waals surface area contributed by atoms with Gasteiger partial charge in [0.15, 0.2) is 0 Å². The Morgan fingerprint density at radius 3 is 2.31 bits per heavy atom. The van der Waals surface area contributed by atoms with Crippen LogP contribution in [-0.2, 0) is 4.79 Å². The van der Waals surface area contributed by atoms with Crippen molar-refractivity contribution >= 4 is 12.0 Å². The van der Waals surface area contributed by atoms with Crippen molar-refractivity contribution in [3.63, 3.8) is 0 Å². The van der Waals surface area contributed by atoms with Gasteiger partial charge < -0.3 is 10.8 Å². The molecule has 4 N–H and O–H groups in total. The van der Waals surface area contributed by atoms with Crippen molar-refractivity contribution in [1.82, 2.24) is 10.4 Å². The monoisotopic (exact) mass is 187 g/mol. The highest BCUT2D eigenvalue weighted by Gasteiger charge is 2.24. The van der Waals surface area contributed by atoms with Gasteiger partial charge in [0.2, 0.25) is 0 Å². The summed E-state index contributed by atoms with van der Waals surface area (Å²) in [5.41, 5.74) is 7.33. The van der Waals surface area contributed by atoms with E-state index in [-0.39, 0.29) is 5.92 Å². The minimum atomic E-state index is -0.765. The lowest BCUT2D eigenvalue weighted by atomic mass is 9.98. The number of piperidine rings is 1. The number of urea groups is 1. The summed E-state index contributed by atoms with van der Waals surface area (Å²) in [5, 5.41) is 10.3. The molecule has 0 aromatic rings. The maximum atomic E-state index is 10.6. The first-order chi connectivity index (χ1) is 6.09. The summed E-state index contributed by atoms with van der Waals surface area (Å²) in [7, 11) is 0. The molecule has 1 saturated heterocycles. The SMILES string of the molecule is NC(=O)NN1CCC(C(=O)O)CC1. The van der Waals surface area contributed by atoms with Crippen molar-refractivity contribution in [2.75, 3.05) is 13.1 Å². The smallest absolute Gasteiger partial charge is 0.326 e. The van der Waals surface area contributed by atoms with Gasteiger partial charge in [0.1, 0.15) is 0 Å². The van der Waals surface area contributed by atoms with Crippen molar-refractivity contribution in [2.45, 2.75) is 12.8 Å². The highest BCUT2D eigenvalue weighted by molar-refractivity contribution is 5.71. The number of carbonyl (C=O) groups excluding carboxylic acids is 1. The van der Waals surface area contributed by atoms with Gasteiger partial charge >= 0.3 is 12.0 Å². The van der Waals surface area contributed by atoms with Crippen LogP contribution in [0.15, 0.2) is 0 Å². The number of aliphatic carboxylic acids is 1. The lowest BCUT2D eigenvalue weighted by molar-refractivity contribution is -0.143. The van der Waals surface area contributed by atoms with Gasteiger partial charge in [-0.3, -0.25) is 10.2 Å². The van der Waals surface area contributed by atoms with E-state index in [2.05, 4.69) is 5.43 Å². The van der Waals surface area contributed by atoms with Gasteiger partial charge in [-0.2, -0.15) is 0 Å². The minimum Gasteiger partial charge on any atom is -0.481 e. The summed E-state index contributed by atoms with van der Waals surface area (Å²) in [5.74, 6) is -1.05. The van der Waals surface area contributed by atoms with Crippen LogP contribution in [0.4, 0.5) is 4.79 Å². The molecule has 1 aliphatic heterocycles. The Hall–Kier alpha value is -1.30. The summed E-state index contributed by atoms with van der Waals surface area (Å²) in [6.07, 6.45) is 1.10. The van der Waals surface area contributed by atoms with Crippen LogP contribution in [0.1, 0.15) is 12.8 Å². The van der Waals surface area contributed by atoms with Crippen molar-refractivity contribution < 1.29 is 14.7 Å². The van der Waals surface area contributed by atoms with E-state index in [4.69, 9.17) is 10.8 Å². The Morgan fingerprint density at radius 2 is 1.92 bits per heavy atom. The first-order valence-electron chi connectivity index (χ1n) is 4.13. The van der Waals surface area contributed by atoms with Gasteiger partial charge in [0.25, 0.3) is 0 Å². The molecular weight excluding hydrogens is 174 g/mol. The van der Waals surface area contributed by atoms with Crippen LogP contribution in [-0.4, -0.2) is 35.2 Å². The third-order valence-electron chi connectivity index (χ3n) is 2.11. The summed E-state index contributed by atoms with van der Waals surface area (Å²) in [4.78, 5) is 21.0. The quantitative estimate of drug-likeness (QED) is 0.536. The molecule has 1 heterocycles. The molecule has 6 nitrogen and oxygen atoms in total. The molecule has 0 atom stereocenters. The van der Waals surface area contributed by atoms with Gasteiger partial charge in [-0.05, 0) is 12.8 Å².